The van der Waals surface area contributed by atoms with Gasteiger partial charge in [0.05, 0.1) is 0 Å². The Balaban J connectivity index is 1.84. The summed E-state index contributed by atoms with van der Waals surface area (Å²) in [5.41, 5.74) is 0.576. The molecule has 0 aromatic heterocycles. The van der Waals surface area contributed by atoms with Crippen molar-refractivity contribution in [1.82, 2.24) is 10.2 Å². The fraction of sp³-hybridized carbons (Fsp3) is 1.00. The summed E-state index contributed by atoms with van der Waals surface area (Å²) in [6, 6.07) is 1.61. The van der Waals surface area contributed by atoms with E-state index in [0.29, 0.717) is 5.41 Å². The first-order valence-electron chi connectivity index (χ1n) is 8.08. The lowest BCUT2D eigenvalue weighted by Gasteiger charge is -2.44. The molecule has 2 aliphatic rings. The molecule has 2 rings (SSSR count). The zero-order valence-corrected chi connectivity index (χ0v) is 12.7. The van der Waals surface area contributed by atoms with Gasteiger partial charge in [0.15, 0.2) is 0 Å². The van der Waals surface area contributed by atoms with Crippen LogP contribution in [0.25, 0.3) is 0 Å². The van der Waals surface area contributed by atoms with E-state index in [1.54, 1.807) is 0 Å². The second-order valence-corrected chi connectivity index (χ2v) is 7.20. The Bertz CT molecular complexity index is 249. The number of nitrogens with one attached hydrogen (secondary N) is 1. The van der Waals surface area contributed by atoms with Gasteiger partial charge in [0.1, 0.15) is 0 Å². The predicted octanol–water partition coefficient (Wildman–Crippen LogP) is 3.42. The van der Waals surface area contributed by atoms with E-state index in [9.17, 15) is 0 Å². The highest BCUT2D eigenvalue weighted by atomic mass is 15.2. The van der Waals surface area contributed by atoms with Crippen molar-refractivity contribution in [1.29, 1.82) is 0 Å². The summed E-state index contributed by atoms with van der Waals surface area (Å²) in [5, 5.41) is 3.72. The summed E-state index contributed by atoms with van der Waals surface area (Å²) in [5.74, 6) is 0. The Morgan fingerprint density at radius 1 is 1.22 bits per heavy atom. The van der Waals surface area contributed by atoms with Gasteiger partial charge in [-0.25, -0.2) is 0 Å². The molecule has 1 N–H and O–H groups in total. The van der Waals surface area contributed by atoms with Crippen LogP contribution >= 0.6 is 0 Å². The van der Waals surface area contributed by atoms with Gasteiger partial charge in [-0.1, -0.05) is 27.2 Å². The van der Waals surface area contributed by atoms with Gasteiger partial charge in [0.25, 0.3) is 0 Å². The van der Waals surface area contributed by atoms with E-state index in [1.165, 1.54) is 64.6 Å². The molecule has 1 heterocycles. The van der Waals surface area contributed by atoms with Gasteiger partial charge >= 0.3 is 0 Å². The van der Waals surface area contributed by atoms with Gasteiger partial charge in [-0.15, -0.1) is 0 Å². The van der Waals surface area contributed by atoms with Crippen LogP contribution in [-0.2, 0) is 0 Å². The third-order valence-electron chi connectivity index (χ3n) is 4.83. The molecule has 1 saturated heterocycles. The molecule has 0 aromatic rings. The molecule has 1 aliphatic heterocycles. The van der Waals surface area contributed by atoms with Crippen LogP contribution in [0.15, 0.2) is 0 Å². The minimum atomic E-state index is 0.576. The van der Waals surface area contributed by atoms with E-state index >= 15 is 0 Å². The first kappa shape index (κ1) is 14.3. The van der Waals surface area contributed by atoms with Crippen molar-refractivity contribution < 1.29 is 0 Å². The minimum Gasteiger partial charge on any atom is -0.313 e. The van der Waals surface area contributed by atoms with Crippen LogP contribution < -0.4 is 5.32 Å². The highest BCUT2D eigenvalue weighted by molar-refractivity contribution is 4.89. The first-order valence-corrected chi connectivity index (χ1v) is 8.08. The second-order valence-electron chi connectivity index (χ2n) is 7.20. The van der Waals surface area contributed by atoms with Crippen LogP contribution in [0.4, 0.5) is 0 Å². The van der Waals surface area contributed by atoms with Crippen LogP contribution in [0, 0.1) is 5.41 Å². The molecule has 0 spiro atoms. The summed E-state index contributed by atoms with van der Waals surface area (Å²) in [6.45, 7) is 11.0. The Kier molecular flexibility index (Phi) is 5.08. The summed E-state index contributed by atoms with van der Waals surface area (Å²) < 4.78 is 0. The van der Waals surface area contributed by atoms with Gasteiger partial charge in [-0.3, -0.25) is 4.90 Å². The van der Waals surface area contributed by atoms with Crippen LogP contribution in [0.5, 0.6) is 0 Å². The largest absolute Gasteiger partial charge is 0.313 e. The monoisotopic (exact) mass is 252 g/mol. The summed E-state index contributed by atoms with van der Waals surface area (Å²) in [6.07, 6.45) is 9.73. The Morgan fingerprint density at radius 3 is 2.78 bits per heavy atom. The molecule has 2 atom stereocenters. The number of hydrogen-bond donors (Lipinski definition) is 1. The lowest BCUT2D eigenvalue weighted by molar-refractivity contribution is 0.0675. The molecule has 0 amide bonds. The van der Waals surface area contributed by atoms with E-state index < -0.39 is 0 Å². The minimum absolute atomic E-state index is 0.576. The third-order valence-corrected chi connectivity index (χ3v) is 4.83. The highest BCUT2D eigenvalue weighted by Gasteiger charge is 2.33. The van der Waals surface area contributed by atoms with Crippen molar-refractivity contribution in [2.45, 2.75) is 77.8 Å². The molecule has 2 nitrogen and oxygen atoms in total. The van der Waals surface area contributed by atoms with Gasteiger partial charge < -0.3 is 5.32 Å². The van der Waals surface area contributed by atoms with E-state index in [-0.39, 0.29) is 0 Å². The molecule has 2 fully saturated rings. The number of piperidine rings is 1. The zero-order valence-electron chi connectivity index (χ0n) is 12.7. The quantitative estimate of drug-likeness (QED) is 0.825. The Hall–Kier alpha value is -0.0800. The van der Waals surface area contributed by atoms with Gasteiger partial charge in [0.2, 0.25) is 0 Å². The standard InChI is InChI=1S/C16H32N2/c1-4-10-17-14-7-6-11-18(13-14)15-8-5-9-16(2,3)12-15/h14-15,17H,4-13H2,1-3H3. The van der Waals surface area contributed by atoms with E-state index in [1.807, 2.05) is 0 Å². The van der Waals surface area contributed by atoms with Crippen molar-refractivity contribution in [2.24, 2.45) is 5.41 Å². The summed E-state index contributed by atoms with van der Waals surface area (Å²) in [7, 11) is 0. The Labute approximate surface area is 114 Å². The molecule has 0 aromatic carbocycles. The molecule has 2 heteroatoms. The van der Waals surface area contributed by atoms with Gasteiger partial charge in [-0.05, 0) is 57.0 Å². The molecular weight excluding hydrogens is 220 g/mol. The van der Waals surface area contributed by atoms with Crippen LogP contribution in [0.3, 0.4) is 0 Å². The third kappa shape index (κ3) is 3.96. The first-order chi connectivity index (χ1) is 8.61. The average Bonchev–Trinajstić information content (AvgIpc) is 2.35. The predicted molar refractivity (Wildman–Crippen MR) is 78.9 cm³/mol. The average molecular weight is 252 g/mol. The van der Waals surface area contributed by atoms with E-state index in [4.69, 9.17) is 0 Å². The van der Waals surface area contributed by atoms with Crippen molar-refractivity contribution in [3.05, 3.63) is 0 Å². The maximum atomic E-state index is 3.72. The molecule has 18 heavy (non-hydrogen) atoms. The SMILES string of the molecule is CCCNC1CCCN(C2CCCC(C)(C)C2)C1. The fourth-order valence-corrected chi connectivity index (χ4v) is 3.82. The number of likely N-dealkylation sites (tertiary alicyclic amines) is 1. The zero-order chi connectivity index (χ0) is 13.0. The number of hydrogen-bond acceptors (Lipinski definition) is 2. The Morgan fingerprint density at radius 2 is 2.06 bits per heavy atom. The fourth-order valence-electron chi connectivity index (χ4n) is 3.82. The van der Waals surface area contributed by atoms with E-state index in [0.717, 1.165) is 12.1 Å². The number of nitrogens with zero attached hydrogens (tertiary/aromatic N) is 1. The maximum absolute atomic E-state index is 3.72. The number of rotatable bonds is 4. The van der Waals surface area contributed by atoms with Crippen LogP contribution in [-0.4, -0.2) is 36.6 Å². The lowest BCUT2D eigenvalue weighted by Crippen LogP contribution is -2.51. The molecule has 2 unspecified atom stereocenters. The van der Waals surface area contributed by atoms with Crippen molar-refractivity contribution in [2.75, 3.05) is 19.6 Å². The van der Waals surface area contributed by atoms with Crippen LogP contribution in [0.2, 0.25) is 0 Å². The van der Waals surface area contributed by atoms with Gasteiger partial charge in [0, 0.05) is 18.6 Å². The van der Waals surface area contributed by atoms with Crippen molar-refractivity contribution in [3.8, 4) is 0 Å². The van der Waals surface area contributed by atoms with Crippen molar-refractivity contribution >= 4 is 0 Å². The van der Waals surface area contributed by atoms with Crippen molar-refractivity contribution in [3.63, 3.8) is 0 Å². The topological polar surface area (TPSA) is 15.3 Å². The molecule has 106 valence electrons. The summed E-state index contributed by atoms with van der Waals surface area (Å²) >= 11 is 0. The van der Waals surface area contributed by atoms with Gasteiger partial charge in [-0.2, -0.15) is 0 Å². The molecule has 0 radical (unpaired) electrons. The normalized spacial score (nSPS) is 33.5. The lowest BCUT2D eigenvalue weighted by atomic mass is 9.74. The van der Waals surface area contributed by atoms with Crippen LogP contribution in [0.1, 0.15) is 65.7 Å². The molecular formula is C16H32N2. The second kappa shape index (κ2) is 6.38. The molecule has 0 bridgehead atoms. The molecule has 1 saturated carbocycles. The smallest absolute Gasteiger partial charge is 0.0195 e. The summed E-state index contributed by atoms with van der Waals surface area (Å²) in [4.78, 5) is 2.79. The molecule has 1 aliphatic carbocycles. The maximum Gasteiger partial charge on any atom is 0.0195 e. The highest BCUT2D eigenvalue weighted by Crippen LogP contribution is 2.37. The van der Waals surface area contributed by atoms with E-state index in [2.05, 4.69) is 31.0 Å².